The van der Waals surface area contributed by atoms with E-state index >= 15 is 0 Å². The Bertz CT molecular complexity index is 444. The van der Waals surface area contributed by atoms with Crippen LogP contribution in [0.4, 0.5) is 0 Å². The number of aliphatic hydroxyl groups is 1. The zero-order valence-corrected chi connectivity index (χ0v) is 12.2. The second kappa shape index (κ2) is 7.20. The lowest BCUT2D eigenvalue weighted by atomic mass is 10.4. The van der Waals surface area contributed by atoms with Gasteiger partial charge in [0.05, 0.1) is 6.61 Å². The van der Waals surface area contributed by atoms with Gasteiger partial charge in [-0.1, -0.05) is 6.92 Å². The molecule has 0 amide bonds. The van der Waals surface area contributed by atoms with Gasteiger partial charge in [-0.15, -0.1) is 0 Å². The fourth-order valence-electron chi connectivity index (χ4n) is 1.35. The molecule has 0 bridgehead atoms. The van der Waals surface area contributed by atoms with Crippen LogP contribution < -0.4 is 9.30 Å². The molecule has 2 atom stereocenters. The topological polar surface area (TPSA) is 111 Å². The molecule has 1 rings (SSSR count). The molecule has 0 aliphatic carbocycles. The van der Waals surface area contributed by atoms with E-state index in [1.807, 2.05) is 6.92 Å². The molecule has 0 aliphatic heterocycles. The summed E-state index contributed by atoms with van der Waals surface area (Å²) in [6.45, 7) is 2.06. The normalized spacial score (nSPS) is 15.2. The molecule has 9 heteroatoms. The molecule has 0 radical (unpaired) electrons. The van der Waals surface area contributed by atoms with E-state index in [0.29, 0.717) is 12.4 Å². The molecule has 1 aromatic heterocycles. The van der Waals surface area contributed by atoms with Gasteiger partial charge in [0.1, 0.15) is 0 Å². The largest absolute Gasteiger partial charge is 0.558 e. The van der Waals surface area contributed by atoms with Crippen molar-refractivity contribution in [3.63, 3.8) is 0 Å². The van der Waals surface area contributed by atoms with E-state index in [1.54, 1.807) is 12.1 Å². The highest BCUT2D eigenvalue weighted by Gasteiger charge is 2.59. The molecule has 106 valence electrons. The van der Waals surface area contributed by atoms with Crippen molar-refractivity contribution in [2.75, 3.05) is 6.61 Å². The van der Waals surface area contributed by atoms with E-state index in [-0.39, 0.29) is 0 Å². The molecule has 0 saturated heterocycles. The van der Waals surface area contributed by atoms with Gasteiger partial charge in [0.25, 0.3) is 8.38 Å². The highest BCUT2D eigenvalue weighted by Crippen LogP contribution is 2.53. The molecule has 4 N–H and O–H groups in total. The second-order valence-corrected chi connectivity index (χ2v) is 6.85. The maximum atomic E-state index is 11.1. The first-order valence-electron chi connectivity index (χ1n) is 5.58. The van der Waals surface area contributed by atoms with Crippen LogP contribution in [0.3, 0.4) is 0 Å². The third-order valence-corrected chi connectivity index (χ3v) is 4.91. The molecule has 0 aliphatic rings. The van der Waals surface area contributed by atoms with Crippen molar-refractivity contribution in [2.24, 2.45) is 0 Å². The maximum absolute atomic E-state index is 11.1. The molecular weight excluding hydrogens is 292 g/mol. The van der Waals surface area contributed by atoms with Crippen LogP contribution in [0.2, 0.25) is 0 Å². The molecule has 7 nitrogen and oxygen atoms in total. The Balaban J connectivity index is 2.88. The Labute approximate surface area is 112 Å². The number of hydrogen-bond acceptors (Lipinski definition) is 5. The summed E-state index contributed by atoms with van der Waals surface area (Å²) >= 11 is 0. The minimum Gasteiger partial charge on any atom is -0.487 e. The summed E-state index contributed by atoms with van der Waals surface area (Å²) in [6.07, 6.45) is 3.87. The van der Waals surface area contributed by atoms with Gasteiger partial charge in [0.2, 0.25) is 12.7 Å². The third kappa shape index (κ3) is 4.42. The lowest BCUT2D eigenvalue weighted by Gasteiger charge is -2.12. The van der Waals surface area contributed by atoms with Crippen LogP contribution in [-0.4, -0.2) is 31.5 Å². The molecule has 0 saturated carbocycles. The summed E-state index contributed by atoms with van der Waals surface area (Å²) in [6, 6.07) is 3.33. The second-order valence-electron chi connectivity index (χ2n) is 3.90. The van der Waals surface area contributed by atoms with Gasteiger partial charge in [-0.2, -0.15) is 9.46 Å². The van der Waals surface area contributed by atoms with Gasteiger partial charge in [0, 0.05) is 6.07 Å². The average Bonchev–Trinajstić information content (AvgIpc) is 2.36. The van der Waals surface area contributed by atoms with Gasteiger partial charge in [-0.25, -0.2) is 0 Å². The first-order chi connectivity index (χ1) is 8.90. The third-order valence-electron chi connectivity index (χ3n) is 2.33. The fourth-order valence-corrected chi connectivity index (χ4v) is 2.53. The number of pyridine rings is 1. The van der Waals surface area contributed by atoms with E-state index in [1.165, 1.54) is 17.0 Å². The van der Waals surface area contributed by atoms with E-state index in [0.717, 1.165) is 6.42 Å². The van der Waals surface area contributed by atoms with Crippen LogP contribution in [0.15, 0.2) is 24.5 Å². The lowest BCUT2D eigenvalue weighted by Crippen LogP contribution is -2.44. The summed E-state index contributed by atoms with van der Waals surface area (Å²) in [5.41, 5.74) is 0. The van der Waals surface area contributed by atoms with Crippen molar-refractivity contribution in [2.45, 2.75) is 25.0 Å². The van der Waals surface area contributed by atoms with Crippen LogP contribution in [-0.2, 0) is 11.1 Å². The maximum Gasteiger partial charge on any atom is 0.558 e. The quantitative estimate of drug-likeness (QED) is 0.430. The highest BCUT2D eigenvalue weighted by molar-refractivity contribution is 7.62. The predicted molar refractivity (Wildman–Crippen MR) is 68.6 cm³/mol. The molecule has 0 aromatic carbocycles. The van der Waals surface area contributed by atoms with Crippen molar-refractivity contribution >= 4 is 16.4 Å². The fraction of sp³-hybridized carbons (Fsp3) is 0.500. The van der Waals surface area contributed by atoms with Crippen molar-refractivity contribution in [3.05, 3.63) is 24.5 Å². The van der Waals surface area contributed by atoms with Gasteiger partial charge in [-0.05, 0) is 17.1 Å². The van der Waals surface area contributed by atoms with Crippen LogP contribution in [0.5, 0.6) is 5.75 Å². The monoisotopic (exact) mass is 309 g/mol. The smallest absolute Gasteiger partial charge is 0.487 e. The van der Waals surface area contributed by atoms with Crippen LogP contribution in [0.25, 0.3) is 0 Å². The molecule has 0 spiro atoms. The number of ether oxygens (including phenoxy) is 1. The van der Waals surface area contributed by atoms with Gasteiger partial charge in [-0.3, -0.25) is 0 Å². The van der Waals surface area contributed by atoms with Crippen molar-refractivity contribution in [1.82, 2.24) is 0 Å². The summed E-state index contributed by atoms with van der Waals surface area (Å²) in [5.74, 6) is 0.528. The summed E-state index contributed by atoms with van der Waals surface area (Å²) in [7, 11) is -6.13. The molecule has 2 unspecified atom stereocenters. The number of aromatic nitrogens is 1. The number of rotatable bonds is 7. The molecule has 0 fully saturated rings. The minimum absolute atomic E-state index is 0.416. The number of hydrogen-bond donors (Lipinski definition) is 4. The Hall–Kier alpha value is -0.680. The van der Waals surface area contributed by atoms with Crippen LogP contribution in [0, 0.1) is 0 Å². The Morgan fingerprint density at radius 2 is 2.21 bits per heavy atom. The van der Waals surface area contributed by atoms with E-state index < -0.39 is 28.0 Å². The standard InChI is InChI=1S/C10H16NO6P2/c1-2-6-17-9-4-3-5-11(7-9)8-10(12,18(13)14)19(15)16/h3-5,7,12-14H,2,6,8H2,1H3/q+1/p+1. The molecule has 1 heterocycles. The molecule has 19 heavy (non-hydrogen) atoms. The van der Waals surface area contributed by atoms with Gasteiger partial charge >= 0.3 is 13.1 Å². The predicted octanol–water partition coefficient (Wildman–Crippen LogP) is 0.440. The van der Waals surface area contributed by atoms with E-state index in [9.17, 15) is 9.67 Å². The molecular formula is C10H17NO6P2+2. The van der Waals surface area contributed by atoms with Crippen molar-refractivity contribution in [1.29, 1.82) is 0 Å². The Morgan fingerprint density at radius 1 is 1.53 bits per heavy atom. The number of nitrogens with zero attached hydrogens (tertiary/aromatic N) is 1. The summed E-state index contributed by atoms with van der Waals surface area (Å²) in [4.78, 5) is 27.2. The summed E-state index contributed by atoms with van der Waals surface area (Å²) < 4.78 is 17.8. The summed E-state index contributed by atoms with van der Waals surface area (Å²) in [5, 5.41) is 7.36. The highest BCUT2D eigenvalue weighted by atomic mass is 31.2. The van der Waals surface area contributed by atoms with E-state index in [4.69, 9.17) is 19.4 Å². The van der Waals surface area contributed by atoms with Crippen molar-refractivity contribution in [3.8, 4) is 5.75 Å². The lowest BCUT2D eigenvalue weighted by molar-refractivity contribution is -0.703. The van der Waals surface area contributed by atoms with E-state index in [2.05, 4.69) is 0 Å². The van der Waals surface area contributed by atoms with Crippen LogP contribution in [0.1, 0.15) is 13.3 Å². The minimum atomic E-state index is -3.16. The Morgan fingerprint density at radius 3 is 2.74 bits per heavy atom. The first kappa shape index (κ1) is 16.4. The SMILES string of the molecule is CCCOc1ccc[n+](CC(O)(P(O)O)[P+](=O)O)c1. The van der Waals surface area contributed by atoms with Gasteiger partial charge in [0.15, 0.2) is 11.9 Å². The zero-order chi connectivity index (χ0) is 14.5. The van der Waals surface area contributed by atoms with Crippen molar-refractivity contribution < 1.29 is 33.7 Å². The first-order valence-corrected chi connectivity index (χ1v) is 8.04. The Kier molecular flexibility index (Phi) is 6.20. The van der Waals surface area contributed by atoms with Gasteiger partial charge < -0.3 is 19.6 Å². The average molecular weight is 309 g/mol. The van der Waals surface area contributed by atoms with Crippen LogP contribution >= 0.6 is 16.4 Å². The molecule has 1 aromatic rings. The zero-order valence-electron chi connectivity index (χ0n) is 10.4.